The summed E-state index contributed by atoms with van der Waals surface area (Å²) in [7, 11) is 1.67. The van der Waals surface area contributed by atoms with E-state index >= 15 is 0 Å². The first-order chi connectivity index (χ1) is 12.2. The van der Waals surface area contributed by atoms with Crippen molar-refractivity contribution in [2.45, 2.75) is 28.0 Å². The van der Waals surface area contributed by atoms with Gasteiger partial charge in [0.25, 0.3) is 5.91 Å². The minimum atomic E-state index is -0.0457. The summed E-state index contributed by atoms with van der Waals surface area (Å²) in [6, 6.07) is 8.14. The number of ether oxygens (including phenoxy) is 1. The van der Waals surface area contributed by atoms with Gasteiger partial charge in [-0.2, -0.15) is 0 Å². The molecule has 3 fully saturated rings. The second-order valence-electron chi connectivity index (χ2n) is 6.46. The summed E-state index contributed by atoms with van der Waals surface area (Å²) in [5.41, 5.74) is 0. The predicted molar refractivity (Wildman–Crippen MR) is 99.6 cm³/mol. The second kappa shape index (κ2) is 7.35. The molecule has 1 amide bonds. The number of fused-ring (bicyclic) bond motifs is 3. The number of aromatic nitrogens is 1. The zero-order valence-electron chi connectivity index (χ0n) is 14.1. The third kappa shape index (κ3) is 3.68. The van der Waals surface area contributed by atoms with E-state index in [-0.39, 0.29) is 11.9 Å². The maximum absolute atomic E-state index is 12.6. The fourth-order valence-corrected chi connectivity index (χ4v) is 5.53. The van der Waals surface area contributed by atoms with Gasteiger partial charge >= 0.3 is 0 Å². The number of para-hydroxylation sites is 1. The fourth-order valence-electron chi connectivity index (χ4n) is 3.58. The van der Waals surface area contributed by atoms with E-state index in [1.807, 2.05) is 24.3 Å². The van der Waals surface area contributed by atoms with Crippen LogP contribution in [0.4, 0.5) is 0 Å². The van der Waals surface area contributed by atoms with Crippen LogP contribution in [0.3, 0.4) is 0 Å². The van der Waals surface area contributed by atoms with E-state index in [9.17, 15) is 4.79 Å². The minimum Gasteiger partial charge on any atom is -0.496 e. The summed E-state index contributed by atoms with van der Waals surface area (Å²) in [4.78, 5) is 20.4. The monoisotopic (exact) mass is 375 g/mol. The molecule has 5 rings (SSSR count). The molecule has 0 radical (unpaired) electrons. The van der Waals surface area contributed by atoms with E-state index in [0.717, 1.165) is 21.4 Å². The number of methoxy groups -OCH3 is 1. The van der Waals surface area contributed by atoms with Crippen LogP contribution in [0, 0.1) is 5.92 Å². The molecule has 7 heteroatoms. The molecule has 0 saturated carbocycles. The molecular weight excluding hydrogens is 354 g/mol. The van der Waals surface area contributed by atoms with Gasteiger partial charge in [-0.05, 0) is 44.0 Å². The highest BCUT2D eigenvalue weighted by Crippen LogP contribution is 2.37. The highest BCUT2D eigenvalue weighted by molar-refractivity contribution is 8.01. The van der Waals surface area contributed by atoms with E-state index < -0.39 is 0 Å². The fraction of sp³-hybridized carbons (Fsp3) is 0.444. The zero-order valence-corrected chi connectivity index (χ0v) is 15.7. The van der Waals surface area contributed by atoms with E-state index in [1.165, 1.54) is 37.3 Å². The van der Waals surface area contributed by atoms with Crippen LogP contribution in [0.15, 0.2) is 39.6 Å². The third-order valence-corrected chi connectivity index (χ3v) is 7.09. The van der Waals surface area contributed by atoms with E-state index in [2.05, 4.69) is 15.2 Å². The standard InChI is InChI=1S/C18H21N3O2S2/c1-23-14-4-2-3-5-15(14)24-16-10-19-18(25-16)17(22)20-13-11-21-8-6-12(13)7-9-21/h2-5,10,12-13H,6-9,11H2,1H3,(H,20,22). The van der Waals surface area contributed by atoms with Gasteiger partial charge in [0.15, 0.2) is 5.01 Å². The molecule has 4 heterocycles. The molecule has 1 unspecified atom stereocenters. The molecule has 132 valence electrons. The Morgan fingerprint density at radius 3 is 2.88 bits per heavy atom. The number of carbonyl (C=O) groups is 1. The first-order valence-electron chi connectivity index (χ1n) is 8.53. The van der Waals surface area contributed by atoms with Crippen molar-refractivity contribution < 1.29 is 9.53 Å². The highest BCUT2D eigenvalue weighted by atomic mass is 32.2. The van der Waals surface area contributed by atoms with Gasteiger partial charge in [0.1, 0.15) is 5.75 Å². The molecule has 25 heavy (non-hydrogen) atoms. The van der Waals surface area contributed by atoms with Crippen molar-refractivity contribution in [3.8, 4) is 5.75 Å². The molecule has 1 aromatic carbocycles. The van der Waals surface area contributed by atoms with Crippen molar-refractivity contribution in [1.29, 1.82) is 0 Å². The first kappa shape index (κ1) is 16.9. The average Bonchev–Trinajstić information content (AvgIpc) is 3.12. The SMILES string of the molecule is COc1ccccc1Sc1cnc(C(=O)NC2CN3CCC2CC3)s1. The Labute approximate surface area is 155 Å². The third-order valence-electron chi connectivity index (χ3n) is 4.93. The molecular formula is C18H21N3O2S2. The molecule has 0 aliphatic carbocycles. The number of hydrogen-bond donors (Lipinski definition) is 1. The molecule has 5 nitrogen and oxygen atoms in total. The molecule has 3 saturated heterocycles. The summed E-state index contributed by atoms with van der Waals surface area (Å²) >= 11 is 3.01. The smallest absolute Gasteiger partial charge is 0.280 e. The normalized spacial score (nSPS) is 24.9. The van der Waals surface area contributed by atoms with Gasteiger partial charge in [0, 0.05) is 12.6 Å². The second-order valence-corrected chi connectivity index (χ2v) is 8.83. The molecule has 1 aromatic heterocycles. The lowest BCUT2D eigenvalue weighted by molar-refractivity contribution is 0.0620. The van der Waals surface area contributed by atoms with Crippen LogP contribution >= 0.6 is 23.1 Å². The van der Waals surface area contributed by atoms with Crippen molar-refractivity contribution in [3.05, 3.63) is 35.5 Å². The number of nitrogens with one attached hydrogen (secondary N) is 1. The number of hydrogen-bond acceptors (Lipinski definition) is 6. The number of amides is 1. The Morgan fingerprint density at radius 2 is 2.16 bits per heavy atom. The molecule has 1 atom stereocenters. The predicted octanol–water partition coefficient (Wildman–Crippen LogP) is 3.13. The van der Waals surface area contributed by atoms with E-state index in [0.29, 0.717) is 10.9 Å². The molecule has 3 aliphatic heterocycles. The van der Waals surface area contributed by atoms with Crippen molar-refractivity contribution in [1.82, 2.24) is 15.2 Å². The Balaban J connectivity index is 1.41. The quantitative estimate of drug-likeness (QED) is 0.870. The van der Waals surface area contributed by atoms with Crippen LogP contribution in [0.1, 0.15) is 22.6 Å². The maximum Gasteiger partial charge on any atom is 0.280 e. The van der Waals surface area contributed by atoms with Crippen LogP contribution in [-0.2, 0) is 0 Å². The number of thiazole rings is 1. The highest BCUT2D eigenvalue weighted by Gasteiger charge is 2.35. The van der Waals surface area contributed by atoms with Crippen molar-refractivity contribution >= 4 is 29.0 Å². The van der Waals surface area contributed by atoms with Crippen molar-refractivity contribution in [2.75, 3.05) is 26.7 Å². The summed E-state index contributed by atoms with van der Waals surface area (Å²) in [6.07, 6.45) is 4.16. The van der Waals surface area contributed by atoms with Crippen LogP contribution in [0.25, 0.3) is 0 Å². The van der Waals surface area contributed by atoms with Gasteiger partial charge < -0.3 is 15.0 Å². The summed E-state index contributed by atoms with van der Waals surface area (Å²) < 4.78 is 6.37. The first-order valence-corrected chi connectivity index (χ1v) is 10.2. The van der Waals surface area contributed by atoms with Crippen LogP contribution in [-0.4, -0.2) is 48.6 Å². The van der Waals surface area contributed by atoms with Crippen LogP contribution < -0.4 is 10.1 Å². The number of piperidine rings is 3. The molecule has 2 bridgehead atoms. The topological polar surface area (TPSA) is 54.5 Å². The molecule has 3 aliphatic rings. The zero-order chi connectivity index (χ0) is 17.2. The summed E-state index contributed by atoms with van der Waals surface area (Å²) in [5.74, 6) is 1.41. The van der Waals surface area contributed by atoms with Gasteiger partial charge in [-0.1, -0.05) is 23.9 Å². The van der Waals surface area contributed by atoms with Crippen molar-refractivity contribution in [3.63, 3.8) is 0 Å². The molecule has 2 aromatic rings. The lowest BCUT2D eigenvalue weighted by atomic mass is 9.84. The summed E-state index contributed by atoms with van der Waals surface area (Å²) in [6.45, 7) is 3.33. The summed E-state index contributed by atoms with van der Waals surface area (Å²) in [5, 5.41) is 3.74. The van der Waals surface area contributed by atoms with Crippen LogP contribution in [0.5, 0.6) is 5.75 Å². The van der Waals surface area contributed by atoms with Gasteiger partial charge in [-0.25, -0.2) is 4.98 Å². The Bertz CT molecular complexity index is 756. The van der Waals surface area contributed by atoms with Crippen LogP contribution in [0.2, 0.25) is 0 Å². The Morgan fingerprint density at radius 1 is 1.36 bits per heavy atom. The molecule has 0 spiro atoms. The minimum absolute atomic E-state index is 0.0457. The Hall–Kier alpha value is -1.57. The van der Waals surface area contributed by atoms with Gasteiger partial charge in [-0.15, -0.1) is 11.3 Å². The van der Waals surface area contributed by atoms with E-state index in [4.69, 9.17) is 4.74 Å². The lowest BCUT2D eigenvalue weighted by Gasteiger charge is -2.44. The number of rotatable bonds is 5. The Kier molecular flexibility index (Phi) is 4.96. The largest absolute Gasteiger partial charge is 0.496 e. The average molecular weight is 376 g/mol. The van der Waals surface area contributed by atoms with Gasteiger partial charge in [0.2, 0.25) is 0 Å². The van der Waals surface area contributed by atoms with E-state index in [1.54, 1.807) is 25.1 Å². The van der Waals surface area contributed by atoms with Gasteiger partial charge in [0.05, 0.1) is 22.4 Å². The molecule has 1 N–H and O–H groups in total. The number of carbonyl (C=O) groups excluding carboxylic acids is 1. The van der Waals surface area contributed by atoms with Crippen molar-refractivity contribution in [2.24, 2.45) is 5.92 Å². The number of benzene rings is 1. The van der Waals surface area contributed by atoms with Gasteiger partial charge in [-0.3, -0.25) is 4.79 Å². The number of nitrogens with zero attached hydrogens (tertiary/aromatic N) is 2. The lowest BCUT2D eigenvalue weighted by Crippen LogP contribution is -2.57. The maximum atomic E-state index is 12.6.